The number of rotatable bonds is 14. The Morgan fingerprint density at radius 2 is 0.955 bits per heavy atom. The second-order valence-electron chi connectivity index (χ2n) is 9.03. The van der Waals surface area contributed by atoms with E-state index in [0.29, 0.717) is 0 Å². The molecule has 0 fully saturated rings. The molecular weight excluding hydrogens is 270 g/mol. The lowest BCUT2D eigenvalue weighted by Gasteiger charge is -2.30. The van der Waals surface area contributed by atoms with Gasteiger partial charge in [0.25, 0.3) is 0 Å². The highest BCUT2D eigenvalue weighted by Crippen LogP contribution is 2.10. The molecule has 0 spiro atoms. The molecule has 0 unspecified atom stereocenters. The molecule has 0 rings (SSSR count). The van der Waals surface area contributed by atoms with Gasteiger partial charge in [0.05, 0.1) is 54.9 Å². The molecule has 0 saturated heterocycles. The maximum Gasteiger partial charge on any atom is 0.0782 e. The molecule has 0 atom stereocenters. The van der Waals surface area contributed by atoms with E-state index < -0.39 is 0 Å². The summed E-state index contributed by atoms with van der Waals surface area (Å²) in [5, 5.41) is 0. The van der Waals surface area contributed by atoms with E-state index in [0.717, 1.165) is 4.48 Å². The van der Waals surface area contributed by atoms with Crippen molar-refractivity contribution in [3.8, 4) is 0 Å². The maximum atomic E-state index is 2.41. The number of unbranched alkanes of at least 4 members (excludes halogenated alkanes) is 6. The van der Waals surface area contributed by atoms with Crippen LogP contribution in [0, 0.1) is 0 Å². The predicted octanol–water partition coefficient (Wildman–Crippen LogP) is 3.45. The van der Waals surface area contributed by atoms with Gasteiger partial charge in [-0.05, 0) is 65.6 Å². The van der Waals surface area contributed by atoms with Gasteiger partial charge in [0, 0.05) is 0 Å². The van der Waals surface area contributed by atoms with Crippen LogP contribution in [-0.2, 0) is 0 Å². The zero-order valence-corrected chi connectivity index (χ0v) is 16.8. The smallest absolute Gasteiger partial charge is 0.0782 e. The fourth-order valence-corrected chi connectivity index (χ4v) is 2.91. The summed E-state index contributed by atoms with van der Waals surface area (Å²) in [4.78, 5) is 2.29. The van der Waals surface area contributed by atoms with Crippen LogP contribution < -0.4 is 0 Å². The molecule has 0 aliphatic carbocycles. The normalized spacial score (nSPS) is 13.1. The summed E-state index contributed by atoms with van der Waals surface area (Å²) in [6.45, 7) is 5.25. The van der Waals surface area contributed by atoms with E-state index in [-0.39, 0.29) is 0 Å². The highest BCUT2D eigenvalue weighted by molar-refractivity contribution is 4.48. The summed E-state index contributed by atoms with van der Waals surface area (Å²) >= 11 is 0. The van der Waals surface area contributed by atoms with Crippen LogP contribution in [-0.4, -0.2) is 89.4 Å². The molecule has 134 valence electrons. The second kappa shape index (κ2) is 11.4. The van der Waals surface area contributed by atoms with Crippen molar-refractivity contribution in [2.24, 2.45) is 0 Å². The maximum absolute atomic E-state index is 2.41. The Kier molecular flexibility index (Phi) is 11.4. The fourth-order valence-electron chi connectivity index (χ4n) is 2.91. The first-order valence-corrected chi connectivity index (χ1v) is 9.40. The Hall–Kier alpha value is -0.120. The van der Waals surface area contributed by atoms with E-state index in [1.54, 1.807) is 0 Å². The second-order valence-corrected chi connectivity index (χ2v) is 9.03. The minimum atomic E-state index is 1.11. The van der Waals surface area contributed by atoms with Gasteiger partial charge in [-0.15, -0.1) is 0 Å². The van der Waals surface area contributed by atoms with Gasteiger partial charge >= 0.3 is 0 Å². The Balaban J connectivity index is 3.49. The third kappa shape index (κ3) is 16.3. The van der Waals surface area contributed by atoms with E-state index in [9.17, 15) is 0 Å². The molecule has 0 aliphatic rings. The third-order valence-electron chi connectivity index (χ3n) is 4.46. The number of hydrogen-bond donors (Lipinski definition) is 0. The molecule has 0 aromatic carbocycles. The molecule has 0 aliphatic heterocycles. The van der Waals surface area contributed by atoms with Crippen molar-refractivity contribution in [1.82, 2.24) is 4.90 Å². The predicted molar refractivity (Wildman–Crippen MR) is 100 cm³/mol. The van der Waals surface area contributed by atoms with Gasteiger partial charge in [-0.25, -0.2) is 0 Å². The quantitative estimate of drug-likeness (QED) is 0.350. The Labute approximate surface area is 141 Å². The van der Waals surface area contributed by atoms with Crippen LogP contribution in [0.5, 0.6) is 0 Å². The van der Waals surface area contributed by atoms with Crippen molar-refractivity contribution in [3.63, 3.8) is 0 Å². The Morgan fingerprint density at radius 1 is 0.545 bits per heavy atom. The fraction of sp³-hybridized carbons (Fsp3) is 1.00. The highest BCUT2D eigenvalue weighted by atomic mass is 15.3. The molecule has 0 aromatic rings. The molecule has 3 nitrogen and oxygen atoms in total. The first-order valence-electron chi connectivity index (χ1n) is 9.40. The van der Waals surface area contributed by atoms with Crippen LogP contribution in [0.15, 0.2) is 0 Å². The van der Waals surface area contributed by atoms with Crippen molar-refractivity contribution in [2.45, 2.75) is 51.4 Å². The van der Waals surface area contributed by atoms with Crippen molar-refractivity contribution >= 4 is 0 Å². The van der Waals surface area contributed by atoms with Crippen molar-refractivity contribution < 1.29 is 8.97 Å². The van der Waals surface area contributed by atoms with E-state index in [4.69, 9.17) is 0 Å². The summed E-state index contributed by atoms with van der Waals surface area (Å²) in [6, 6.07) is 0. The molecular formula is C19H45N3+2. The van der Waals surface area contributed by atoms with Gasteiger partial charge in [-0.3, -0.25) is 0 Å². The molecule has 22 heavy (non-hydrogen) atoms. The lowest BCUT2D eigenvalue weighted by Crippen LogP contribution is -2.41. The van der Waals surface area contributed by atoms with Gasteiger partial charge in [0.2, 0.25) is 0 Å². The third-order valence-corrected chi connectivity index (χ3v) is 4.46. The van der Waals surface area contributed by atoms with Gasteiger partial charge in [-0.1, -0.05) is 6.42 Å². The van der Waals surface area contributed by atoms with Crippen LogP contribution in [0.25, 0.3) is 0 Å². The lowest BCUT2D eigenvalue weighted by atomic mass is 10.1. The minimum Gasteiger partial charge on any atom is -0.331 e. The molecule has 0 N–H and O–H groups in total. The lowest BCUT2D eigenvalue weighted by molar-refractivity contribution is -0.890. The molecule has 0 saturated carbocycles. The highest BCUT2D eigenvalue weighted by Gasteiger charge is 2.13. The molecule has 0 bridgehead atoms. The van der Waals surface area contributed by atoms with Crippen LogP contribution in [0.1, 0.15) is 51.4 Å². The van der Waals surface area contributed by atoms with Crippen molar-refractivity contribution in [2.75, 3.05) is 75.5 Å². The van der Waals surface area contributed by atoms with E-state index in [2.05, 4.69) is 54.2 Å². The SMILES string of the molecule is CN(C)CCCCCC[N+](C)(C)CCCCCC[N+](C)(C)C. The zero-order valence-electron chi connectivity index (χ0n) is 16.8. The summed E-state index contributed by atoms with van der Waals surface area (Å²) < 4.78 is 2.32. The monoisotopic (exact) mass is 315 g/mol. The number of quaternary nitrogens is 2. The molecule has 0 amide bonds. The number of nitrogens with zero attached hydrogens (tertiary/aromatic N) is 3. The zero-order chi connectivity index (χ0) is 17.1. The Bertz CT molecular complexity index is 254. The summed E-state index contributed by atoms with van der Waals surface area (Å²) in [5.41, 5.74) is 0. The Morgan fingerprint density at radius 3 is 1.36 bits per heavy atom. The average molecular weight is 316 g/mol. The first-order chi connectivity index (χ1) is 10.1. The average Bonchev–Trinajstić information content (AvgIpc) is 2.36. The van der Waals surface area contributed by atoms with Gasteiger partial charge in [0.1, 0.15) is 0 Å². The van der Waals surface area contributed by atoms with E-state index >= 15 is 0 Å². The van der Waals surface area contributed by atoms with Gasteiger partial charge in [0.15, 0.2) is 0 Å². The van der Waals surface area contributed by atoms with Gasteiger partial charge < -0.3 is 13.9 Å². The van der Waals surface area contributed by atoms with Gasteiger partial charge in [-0.2, -0.15) is 0 Å². The van der Waals surface area contributed by atoms with Crippen LogP contribution in [0.3, 0.4) is 0 Å². The molecule has 0 radical (unpaired) electrons. The van der Waals surface area contributed by atoms with E-state index in [1.807, 2.05) is 0 Å². The standard InChI is InChI=1S/C19H45N3/c1-20(2)16-12-8-9-14-18-22(6,7)19-15-11-10-13-17-21(3,4)5/h8-19H2,1-7H3/q+2. The van der Waals surface area contributed by atoms with Crippen molar-refractivity contribution in [1.29, 1.82) is 0 Å². The number of hydrogen-bond acceptors (Lipinski definition) is 1. The topological polar surface area (TPSA) is 3.24 Å². The summed E-state index contributed by atoms with van der Waals surface area (Å²) in [7, 11) is 16.0. The van der Waals surface area contributed by atoms with Crippen LogP contribution >= 0.6 is 0 Å². The molecule has 3 heteroatoms. The first kappa shape index (κ1) is 21.9. The minimum absolute atomic E-state index is 1.11. The summed E-state index contributed by atoms with van der Waals surface area (Å²) in [6.07, 6.45) is 11.1. The van der Waals surface area contributed by atoms with Crippen molar-refractivity contribution in [3.05, 3.63) is 0 Å². The van der Waals surface area contributed by atoms with E-state index in [1.165, 1.54) is 82.0 Å². The summed E-state index contributed by atoms with van der Waals surface area (Å²) in [5.74, 6) is 0. The van der Waals surface area contributed by atoms with Crippen LogP contribution in [0.4, 0.5) is 0 Å². The molecule has 0 aromatic heterocycles. The molecule has 0 heterocycles. The largest absolute Gasteiger partial charge is 0.331 e. The van der Waals surface area contributed by atoms with Crippen LogP contribution in [0.2, 0.25) is 0 Å².